The first-order valence-electron chi connectivity index (χ1n) is 10.4. The molecule has 0 radical (unpaired) electrons. The minimum Gasteiger partial charge on any atom is -0.361 e. The standard InChI is InChI=1S/C24H30N2O3/c1-3-14-25-23(28)24(18-26(15-16-29-24)22(27)4-2)17-20-12-8-9-13-21(20)19-10-6-5-7-11-19/h5-13H,3-4,14-18H2,1-2H3,(H,25,28)/t24-/m0/s1. The highest BCUT2D eigenvalue weighted by atomic mass is 16.5. The maximum absolute atomic E-state index is 13.2. The molecule has 1 aliphatic rings. The van der Waals surface area contributed by atoms with E-state index in [1.165, 1.54) is 0 Å². The molecule has 1 saturated heterocycles. The third-order valence-electron chi connectivity index (χ3n) is 5.37. The first kappa shape index (κ1) is 21.1. The second kappa shape index (κ2) is 9.70. The van der Waals surface area contributed by atoms with Gasteiger partial charge in [-0.2, -0.15) is 0 Å². The second-order valence-electron chi connectivity index (χ2n) is 7.47. The third kappa shape index (κ3) is 4.85. The molecular formula is C24H30N2O3. The van der Waals surface area contributed by atoms with Crippen molar-refractivity contribution in [1.82, 2.24) is 10.2 Å². The molecule has 1 atom stereocenters. The van der Waals surface area contributed by atoms with Gasteiger partial charge in [-0.3, -0.25) is 9.59 Å². The van der Waals surface area contributed by atoms with Gasteiger partial charge in [0.1, 0.15) is 0 Å². The fourth-order valence-corrected chi connectivity index (χ4v) is 3.83. The van der Waals surface area contributed by atoms with E-state index in [4.69, 9.17) is 4.74 Å². The van der Waals surface area contributed by atoms with E-state index < -0.39 is 5.60 Å². The summed E-state index contributed by atoms with van der Waals surface area (Å²) in [5.74, 6) is -0.0897. The number of amides is 2. The number of nitrogens with one attached hydrogen (secondary N) is 1. The number of nitrogens with zero attached hydrogens (tertiary/aromatic N) is 1. The first-order valence-corrected chi connectivity index (χ1v) is 10.4. The van der Waals surface area contributed by atoms with Crippen molar-refractivity contribution >= 4 is 11.8 Å². The fraction of sp³-hybridized carbons (Fsp3) is 0.417. The minimum absolute atomic E-state index is 0.0531. The Labute approximate surface area is 173 Å². The van der Waals surface area contributed by atoms with Crippen molar-refractivity contribution in [2.75, 3.05) is 26.2 Å². The van der Waals surface area contributed by atoms with E-state index in [0.717, 1.165) is 23.1 Å². The summed E-state index contributed by atoms with van der Waals surface area (Å²) in [5.41, 5.74) is 2.14. The van der Waals surface area contributed by atoms with Gasteiger partial charge in [0, 0.05) is 25.9 Å². The first-order chi connectivity index (χ1) is 14.1. The Hall–Kier alpha value is -2.66. The van der Waals surface area contributed by atoms with Crippen molar-refractivity contribution in [3.05, 3.63) is 60.2 Å². The lowest BCUT2D eigenvalue weighted by Gasteiger charge is -2.42. The minimum atomic E-state index is -1.08. The molecule has 0 bridgehead atoms. The predicted octanol–water partition coefficient (Wildman–Crippen LogP) is 3.43. The summed E-state index contributed by atoms with van der Waals surface area (Å²) in [7, 11) is 0. The average Bonchev–Trinajstić information content (AvgIpc) is 2.78. The van der Waals surface area contributed by atoms with E-state index in [-0.39, 0.29) is 18.4 Å². The highest BCUT2D eigenvalue weighted by Crippen LogP contribution is 2.30. The van der Waals surface area contributed by atoms with E-state index in [1.54, 1.807) is 4.90 Å². The molecule has 0 aliphatic carbocycles. The Morgan fingerprint density at radius 3 is 2.52 bits per heavy atom. The van der Waals surface area contributed by atoms with Gasteiger partial charge in [-0.25, -0.2) is 0 Å². The lowest BCUT2D eigenvalue weighted by Crippen LogP contribution is -2.62. The molecular weight excluding hydrogens is 364 g/mol. The van der Waals surface area contributed by atoms with Crippen molar-refractivity contribution in [3.8, 4) is 11.1 Å². The number of morpholine rings is 1. The van der Waals surface area contributed by atoms with Gasteiger partial charge >= 0.3 is 0 Å². The summed E-state index contributed by atoms with van der Waals surface area (Å²) in [6, 6.07) is 18.2. The van der Waals surface area contributed by atoms with Gasteiger partial charge in [-0.1, -0.05) is 68.4 Å². The van der Waals surface area contributed by atoms with Gasteiger partial charge in [0.05, 0.1) is 13.2 Å². The molecule has 1 heterocycles. The molecule has 154 valence electrons. The number of carbonyl (C=O) groups is 2. The quantitative estimate of drug-likeness (QED) is 0.783. The Kier molecular flexibility index (Phi) is 7.04. The Morgan fingerprint density at radius 1 is 1.07 bits per heavy atom. The van der Waals surface area contributed by atoms with Crippen LogP contribution in [-0.2, 0) is 20.7 Å². The van der Waals surface area contributed by atoms with Crippen LogP contribution in [0.1, 0.15) is 32.3 Å². The SMILES string of the molecule is CCCNC(=O)[C@]1(Cc2ccccc2-c2ccccc2)CN(C(=O)CC)CCO1. The zero-order valence-electron chi connectivity index (χ0n) is 17.3. The molecule has 3 rings (SSSR count). The van der Waals surface area contributed by atoms with Gasteiger partial charge in [-0.15, -0.1) is 0 Å². The summed E-state index contributed by atoms with van der Waals surface area (Å²) < 4.78 is 6.14. The monoisotopic (exact) mass is 394 g/mol. The number of hydrogen-bond donors (Lipinski definition) is 1. The van der Waals surface area contributed by atoms with E-state index in [2.05, 4.69) is 23.5 Å². The molecule has 5 nitrogen and oxygen atoms in total. The maximum atomic E-state index is 13.2. The molecule has 2 amide bonds. The number of hydrogen-bond acceptors (Lipinski definition) is 3. The molecule has 2 aromatic rings. The van der Waals surface area contributed by atoms with Gasteiger partial charge in [-0.05, 0) is 23.1 Å². The van der Waals surface area contributed by atoms with E-state index in [9.17, 15) is 9.59 Å². The molecule has 1 fully saturated rings. The van der Waals surface area contributed by atoms with Gasteiger partial charge in [0.25, 0.3) is 5.91 Å². The molecule has 0 saturated carbocycles. The fourth-order valence-electron chi connectivity index (χ4n) is 3.83. The van der Waals surface area contributed by atoms with E-state index in [1.807, 2.05) is 50.2 Å². The van der Waals surface area contributed by atoms with Crippen LogP contribution >= 0.6 is 0 Å². The van der Waals surface area contributed by atoms with Crippen LogP contribution in [0.2, 0.25) is 0 Å². The third-order valence-corrected chi connectivity index (χ3v) is 5.37. The average molecular weight is 395 g/mol. The molecule has 29 heavy (non-hydrogen) atoms. The van der Waals surface area contributed by atoms with Crippen LogP contribution in [-0.4, -0.2) is 48.6 Å². The lowest BCUT2D eigenvalue weighted by molar-refractivity contribution is -0.165. The molecule has 5 heteroatoms. The number of rotatable bonds is 7. The van der Waals surface area contributed by atoms with E-state index >= 15 is 0 Å². The Balaban J connectivity index is 1.96. The van der Waals surface area contributed by atoms with Crippen LogP contribution in [0.25, 0.3) is 11.1 Å². The summed E-state index contributed by atoms with van der Waals surface area (Å²) >= 11 is 0. The van der Waals surface area contributed by atoms with Gasteiger partial charge in [0.15, 0.2) is 5.60 Å². The van der Waals surface area contributed by atoms with Crippen LogP contribution in [0.5, 0.6) is 0 Å². The van der Waals surface area contributed by atoms with Crippen LogP contribution in [0.4, 0.5) is 0 Å². The Bertz CT molecular complexity index is 837. The molecule has 2 aromatic carbocycles. The maximum Gasteiger partial charge on any atom is 0.254 e. The Morgan fingerprint density at radius 2 is 1.79 bits per heavy atom. The number of ether oxygens (including phenoxy) is 1. The molecule has 1 N–H and O–H groups in total. The van der Waals surface area contributed by atoms with Crippen molar-refractivity contribution in [1.29, 1.82) is 0 Å². The molecule has 0 unspecified atom stereocenters. The van der Waals surface area contributed by atoms with Crippen LogP contribution < -0.4 is 5.32 Å². The van der Waals surface area contributed by atoms with Crippen molar-refractivity contribution < 1.29 is 14.3 Å². The summed E-state index contributed by atoms with van der Waals surface area (Å²) in [6.45, 7) is 5.62. The topological polar surface area (TPSA) is 58.6 Å². The zero-order valence-corrected chi connectivity index (χ0v) is 17.3. The van der Waals surface area contributed by atoms with Gasteiger partial charge < -0.3 is 15.0 Å². The summed E-state index contributed by atoms with van der Waals surface area (Å²) in [4.78, 5) is 27.3. The normalized spacial score (nSPS) is 19.0. The lowest BCUT2D eigenvalue weighted by atomic mass is 9.87. The van der Waals surface area contributed by atoms with E-state index in [0.29, 0.717) is 32.5 Å². The zero-order chi connectivity index (χ0) is 20.7. The predicted molar refractivity (Wildman–Crippen MR) is 114 cm³/mol. The van der Waals surface area contributed by atoms with Crippen molar-refractivity contribution in [3.63, 3.8) is 0 Å². The summed E-state index contributed by atoms with van der Waals surface area (Å²) in [6.07, 6.45) is 1.69. The number of benzene rings is 2. The van der Waals surface area contributed by atoms with Gasteiger partial charge in [0.2, 0.25) is 5.91 Å². The summed E-state index contributed by atoms with van der Waals surface area (Å²) in [5, 5.41) is 3.00. The molecule has 0 spiro atoms. The van der Waals surface area contributed by atoms with Crippen molar-refractivity contribution in [2.45, 2.75) is 38.7 Å². The molecule has 1 aliphatic heterocycles. The highest BCUT2D eigenvalue weighted by molar-refractivity contribution is 5.88. The smallest absolute Gasteiger partial charge is 0.254 e. The number of carbonyl (C=O) groups excluding carboxylic acids is 2. The van der Waals surface area contributed by atoms with Crippen molar-refractivity contribution in [2.24, 2.45) is 0 Å². The van der Waals surface area contributed by atoms with Crippen LogP contribution in [0.15, 0.2) is 54.6 Å². The molecule has 0 aromatic heterocycles. The highest BCUT2D eigenvalue weighted by Gasteiger charge is 2.45. The second-order valence-corrected chi connectivity index (χ2v) is 7.47. The van der Waals surface area contributed by atoms with Crippen LogP contribution in [0, 0.1) is 0 Å². The van der Waals surface area contributed by atoms with Crippen LogP contribution in [0.3, 0.4) is 0 Å². The largest absolute Gasteiger partial charge is 0.361 e.